The van der Waals surface area contributed by atoms with Crippen LogP contribution in [0.15, 0.2) is 52.6 Å². The predicted octanol–water partition coefficient (Wildman–Crippen LogP) is 5.43. The highest BCUT2D eigenvalue weighted by atomic mass is 35.5. The summed E-state index contributed by atoms with van der Waals surface area (Å²) in [6.45, 7) is 6.27. The minimum absolute atomic E-state index is 0.233. The number of hydrogen-bond acceptors (Lipinski definition) is 4. The summed E-state index contributed by atoms with van der Waals surface area (Å²) in [4.78, 5) is 5.03. The summed E-state index contributed by atoms with van der Waals surface area (Å²) in [5.74, 6) is 0. The van der Waals surface area contributed by atoms with Gasteiger partial charge in [0.15, 0.2) is 0 Å². The number of pyridine rings is 1. The molecule has 2 aromatic heterocycles. The van der Waals surface area contributed by atoms with E-state index in [4.69, 9.17) is 16.7 Å². The van der Waals surface area contributed by atoms with Gasteiger partial charge in [-0.05, 0) is 56.7 Å². The van der Waals surface area contributed by atoms with Gasteiger partial charge < -0.3 is 0 Å². The lowest BCUT2D eigenvalue weighted by Gasteiger charge is -2.13. The van der Waals surface area contributed by atoms with Crippen LogP contribution in [0.3, 0.4) is 0 Å². The predicted molar refractivity (Wildman–Crippen MR) is 105 cm³/mol. The van der Waals surface area contributed by atoms with Crippen LogP contribution in [-0.4, -0.2) is 14.8 Å². The van der Waals surface area contributed by atoms with E-state index in [1.807, 2.05) is 35.9 Å². The number of aryl methyl sites for hydroxylation is 1. The van der Waals surface area contributed by atoms with Crippen LogP contribution in [-0.2, 0) is 6.42 Å². The first-order valence-electron chi connectivity index (χ1n) is 8.33. The lowest BCUT2D eigenvalue weighted by Crippen LogP contribution is -2.05. The van der Waals surface area contributed by atoms with Gasteiger partial charge in [0, 0.05) is 40.3 Å². The van der Waals surface area contributed by atoms with Crippen molar-refractivity contribution in [2.45, 2.75) is 43.2 Å². The maximum atomic E-state index is 9.21. The molecule has 0 saturated heterocycles. The Labute approximate surface area is 162 Å². The molecule has 0 fully saturated rings. The molecule has 2 heterocycles. The highest BCUT2D eigenvalue weighted by Crippen LogP contribution is 2.36. The summed E-state index contributed by atoms with van der Waals surface area (Å²) in [7, 11) is 0. The summed E-state index contributed by atoms with van der Waals surface area (Å²) >= 11 is 7.78. The van der Waals surface area contributed by atoms with Gasteiger partial charge in [0.25, 0.3) is 0 Å². The molecule has 0 bridgehead atoms. The van der Waals surface area contributed by atoms with Gasteiger partial charge in [-0.3, -0.25) is 9.67 Å². The Bertz CT molecular complexity index is 958. The Morgan fingerprint density at radius 3 is 2.62 bits per heavy atom. The third-order valence-corrected chi connectivity index (χ3v) is 5.31. The molecular formula is C20H19ClN4S. The van der Waals surface area contributed by atoms with Gasteiger partial charge in [-0.1, -0.05) is 23.4 Å². The van der Waals surface area contributed by atoms with Crippen LogP contribution in [0, 0.1) is 18.3 Å². The second-order valence-electron chi connectivity index (χ2n) is 6.33. The summed E-state index contributed by atoms with van der Waals surface area (Å²) in [6.07, 6.45) is 4.40. The fourth-order valence-electron chi connectivity index (χ4n) is 2.72. The summed E-state index contributed by atoms with van der Waals surface area (Å²) in [5.41, 5.74) is 3.95. The average molecular weight is 383 g/mol. The Morgan fingerprint density at radius 1 is 1.23 bits per heavy atom. The molecule has 0 amide bonds. The van der Waals surface area contributed by atoms with Gasteiger partial charge in [-0.25, -0.2) is 0 Å². The Kier molecular flexibility index (Phi) is 5.65. The molecule has 0 atom stereocenters. The maximum absolute atomic E-state index is 9.21. The Balaban J connectivity index is 2.04. The standard InChI is InChI=1S/C20H19ClN4S/c1-13(2)25-20(26-18-9-16(12-22)8-17(21)11-18)19(14(3)24-25)10-15-4-6-23-7-5-15/h4-9,11,13H,10H2,1-3H3. The van der Waals surface area contributed by atoms with Crippen LogP contribution in [0.5, 0.6) is 0 Å². The smallest absolute Gasteiger partial charge is 0.103 e. The first kappa shape index (κ1) is 18.5. The number of aromatic nitrogens is 3. The minimum atomic E-state index is 0.233. The molecule has 0 spiro atoms. The zero-order valence-corrected chi connectivity index (χ0v) is 16.5. The fraction of sp³-hybridized carbons (Fsp3) is 0.250. The second kappa shape index (κ2) is 7.94. The Hall–Kier alpha value is -2.29. The summed E-state index contributed by atoms with van der Waals surface area (Å²) in [6, 6.07) is 11.9. The second-order valence-corrected chi connectivity index (χ2v) is 7.83. The van der Waals surface area contributed by atoms with E-state index < -0.39 is 0 Å². The third-order valence-electron chi connectivity index (χ3n) is 4.00. The highest BCUT2D eigenvalue weighted by molar-refractivity contribution is 7.99. The number of rotatable bonds is 5. The number of nitriles is 1. The molecule has 26 heavy (non-hydrogen) atoms. The lowest BCUT2D eigenvalue weighted by molar-refractivity contribution is 0.489. The molecule has 1 aromatic carbocycles. The van der Waals surface area contributed by atoms with Crippen molar-refractivity contribution < 1.29 is 0 Å². The third kappa shape index (κ3) is 4.09. The SMILES string of the molecule is Cc1nn(C(C)C)c(Sc2cc(Cl)cc(C#N)c2)c1Cc1ccncc1. The van der Waals surface area contributed by atoms with Crippen LogP contribution < -0.4 is 0 Å². The number of halogens is 1. The van der Waals surface area contributed by atoms with Gasteiger partial charge in [-0.2, -0.15) is 10.4 Å². The Morgan fingerprint density at radius 2 is 1.96 bits per heavy atom. The van der Waals surface area contributed by atoms with E-state index in [-0.39, 0.29) is 6.04 Å². The topological polar surface area (TPSA) is 54.5 Å². The van der Waals surface area contributed by atoms with E-state index >= 15 is 0 Å². The van der Waals surface area contributed by atoms with Gasteiger partial charge in [0.2, 0.25) is 0 Å². The first-order chi connectivity index (χ1) is 12.5. The fourth-order valence-corrected chi connectivity index (χ4v) is 4.31. The number of benzene rings is 1. The molecule has 4 nitrogen and oxygen atoms in total. The van der Waals surface area contributed by atoms with Crippen LogP contribution >= 0.6 is 23.4 Å². The van der Waals surface area contributed by atoms with Crippen LogP contribution in [0.2, 0.25) is 5.02 Å². The van der Waals surface area contributed by atoms with Gasteiger partial charge in [0.1, 0.15) is 5.03 Å². The average Bonchev–Trinajstić information content (AvgIpc) is 2.92. The van der Waals surface area contributed by atoms with E-state index in [1.54, 1.807) is 30.2 Å². The summed E-state index contributed by atoms with van der Waals surface area (Å²) < 4.78 is 2.05. The quantitative estimate of drug-likeness (QED) is 0.590. The van der Waals surface area contributed by atoms with Crippen LogP contribution in [0.1, 0.15) is 42.3 Å². The number of nitrogens with zero attached hydrogens (tertiary/aromatic N) is 4. The molecule has 0 N–H and O–H groups in total. The van der Waals surface area contributed by atoms with E-state index in [9.17, 15) is 5.26 Å². The molecule has 0 aliphatic heterocycles. The molecule has 3 aromatic rings. The van der Waals surface area contributed by atoms with Crippen molar-refractivity contribution in [2.75, 3.05) is 0 Å². The van der Waals surface area contributed by atoms with E-state index in [2.05, 4.69) is 24.9 Å². The normalized spacial score (nSPS) is 10.9. The molecule has 132 valence electrons. The van der Waals surface area contributed by atoms with Crippen molar-refractivity contribution in [3.8, 4) is 6.07 Å². The highest BCUT2D eigenvalue weighted by Gasteiger charge is 2.19. The molecule has 3 rings (SSSR count). The van der Waals surface area contributed by atoms with Crippen molar-refractivity contribution in [3.63, 3.8) is 0 Å². The molecule has 0 unspecified atom stereocenters. The zero-order chi connectivity index (χ0) is 18.7. The van der Waals surface area contributed by atoms with Gasteiger partial charge in [0.05, 0.1) is 17.3 Å². The largest absolute Gasteiger partial charge is 0.265 e. The monoisotopic (exact) mass is 382 g/mol. The maximum Gasteiger partial charge on any atom is 0.103 e. The zero-order valence-electron chi connectivity index (χ0n) is 14.9. The first-order valence-corrected chi connectivity index (χ1v) is 9.52. The van der Waals surface area contributed by atoms with E-state index in [0.717, 1.165) is 22.0 Å². The number of hydrogen-bond donors (Lipinski definition) is 0. The van der Waals surface area contributed by atoms with Gasteiger partial charge in [-0.15, -0.1) is 0 Å². The van der Waals surface area contributed by atoms with Crippen molar-refractivity contribution in [1.29, 1.82) is 5.26 Å². The molecule has 0 aliphatic rings. The lowest BCUT2D eigenvalue weighted by atomic mass is 10.1. The van der Waals surface area contributed by atoms with Gasteiger partial charge >= 0.3 is 0 Å². The molecular weight excluding hydrogens is 364 g/mol. The van der Waals surface area contributed by atoms with Crippen molar-refractivity contribution in [2.24, 2.45) is 0 Å². The molecule has 0 saturated carbocycles. The van der Waals surface area contributed by atoms with Crippen molar-refractivity contribution >= 4 is 23.4 Å². The van der Waals surface area contributed by atoms with Crippen LogP contribution in [0.4, 0.5) is 0 Å². The van der Waals surface area contributed by atoms with E-state index in [1.165, 1.54) is 11.1 Å². The molecule has 0 radical (unpaired) electrons. The minimum Gasteiger partial charge on any atom is -0.265 e. The molecule has 6 heteroatoms. The van der Waals surface area contributed by atoms with Crippen LogP contribution in [0.25, 0.3) is 0 Å². The molecule has 0 aliphatic carbocycles. The summed E-state index contributed by atoms with van der Waals surface area (Å²) in [5, 5.41) is 15.6. The van der Waals surface area contributed by atoms with E-state index in [0.29, 0.717) is 10.6 Å². The van der Waals surface area contributed by atoms with Crippen molar-refractivity contribution in [3.05, 3.63) is 70.1 Å². The van der Waals surface area contributed by atoms with Crippen molar-refractivity contribution in [1.82, 2.24) is 14.8 Å².